The summed E-state index contributed by atoms with van der Waals surface area (Å²) in [6.45, 7) is 0. The quantitative estimate of drug-likeness (QED) is 0.401. The van der Waals surface area contributed by atoms with Gasteiger partial charge in [0.05, 0.1) is 0 Å². The maximum atomic E-state index is 12.3. The molecular formula is C22H14F3NO2. The van der Waals surface area contributed by atoms with Gasteiger partial charge >= 0.3 is 6.36 Å². The maximum absolute atomic E-state index is 12.3. The Hall–Kier alpha value is -3.54. The van der Waals surface area contributed by atoms with Gasteiger partial charge in [0.1, 0.15) is 11.3 Å². The first-order valence-electron chi connectivity index (χ1n) is 8.46. The van der Waals surface area contributed by atoms with Crippen LogP contribution in [-0.2, 0) is 0 Å². The van der Waals surface area contributed by atoms with Gasteiger partial charge < -0.3 is 9.15 Å². The molecular weight excluding hydrogens is 367 g/mol. The Labute approximate surface area is 158 Å². The van der Waals surface area contributed by atoms with E-state index < -0.39 is 6.36 Å². The van der Waals surface area contributed by atoms with E-state index in [-0.39, 0.29) is 5.75 Å². The number of halogens is 3. The Morgan fingerprint density at radius 3 is 2.43 bits per heavy atom. The lowest BCUT2D eigenvalue weighted by atomic mass is 10.1. The molecule has 0 aliphatic heterocycles. The first-order valence-corrected chi connectivity index (χ1v) is 8.46. The summed E-state index contributed by atoms with van der Waals surface area (Å²) < 4.78 is 46.6. The van der Waals surface area contributed by atoms with Crippen LogP contribution in [0.3, 0.4) is 0 Å². The van der Waals surface area contributed by atoms with E-state index in [1.807, 2.05) is 48.5 Å². The number of alkyl halides is 3. The van der Waals surface area contributed by atoms with Crippen LogP contribution in [-0.4, -0.2) is 11.3 Å². The molecule has 0 atom stereocenters. The van der Waals surface area contributed by atoms with Crippen LogP contribution < -0.4 is 4.74 Å². The Kier molecular flexibility index (Phi) is 4.61. The zero-order valence-electron chi connectivity index (χ0n) is 14.5. The molecule has 0 N–H and O–H groups in total. The van der Waals surface area contributed by atoms with E-state index >= 15 is 0 Å². The lowest BCUT2D eigenvalue weighted by Crippen LogP contribution is -2.17. The summed E-state index contributed by atoms with van der Waals surface area (Å²) in [7, 11) is 0. The molecule has 4 rings (SSSR count). The molecule has 0 bridgehead atoms. The van der Waals surface area contributed by atoms with E-state index in [1.165, 1.54) is 18.2 Å². The minimum Gasteiger partial charge on any atom is -0.437 e. The van der Waals surface area contributed by atoms with E-state index in [2.05, 4.69) is 9.72 Å². The summed E-state index contributed by atoms with van der Waals surface area (Å²) in [5, 5.41) is 0. The molecule has 0 fully saturated rings. The van der Waals surface area contributed by atoms with Crippen molar-refractivity contribution in [3.63, 3.8) is 0 Å². The Morgan fingerprint density at radius 1 is 0.821 bits per heavy atom. The summed E-state index contributed by atoms with van der Waals surface area (Å²) >= 11 is 0. The molecule has 140 valence electrons. The molecule has 28 heavy (non-hydrogen) atoms. The fourth-order valence-electron chi connectivity index (χ4n) is 2.81. The van der Waals surface area contributed by atoms with Crippen molar-refractivity contribution in [1.29, 1.82) is 0 Å². The van der Waals surface area contributed by atoms with Crippen LogP contribution in [0.1, 0.15) is 11.5 Å². The summed E-state index contributed by atoms with van der Waals surface area (Å²) in [6.07, 6.45) is -1.50. The number of hydrogen-bond donors (Lipinski definition) is 0. The highest BCUT2D eigenvalue weighted by Crippen LogP contribution is 2.26. The van der Waals surface area contributed by atoms with Crippen molar-refractivity contribution in [2.24, 2.45) is 0 Å². The standard InChI is InChI=1S/C22H14F3NO2/c23-22(24,25)28-18-8-4-5-15(13-18)9-12-21-26-19-14-17(10-11-20(19)27-21)16-6-2-1-3-7-16/h1-14H/b12-9+. The lowest BCUT2D eigenvalue weighted by Gasteiger charge is -2.08. The summed E-state index contributed by atoms with van der Waals surface area (Å²) in [5.74, 6) is 0.0853. The van der Waals surface area contributed by atoms with E-state index in [0.717, 1.165) is 11.1 Å². The molecule has 3 nitrogen and oxygen atoms in total. The fourth-order valence-corrected chi connectivity index (χ4v) is 2.81. The molecule has 0 aliphatic rings. The van der Waals surface area contributed by atoms with E-state index in [1.54, 1.807) is 18.2 Å². The number of benzene rings is 3. The Balaban J connectivity index is 1.57. The number of oxazole rings is 1. The number of ether oxygens (including phenoxy) is 1. The average molecular weight is 381 g/mol. The van der Waals surface area contributed by atoms with Gasteiger partial charge in [0.2, 0.25) is 5.89 Å². The van der Waals surface area contributed by atoms with E-state index in [4.69, 9.17) is 4.42 Å². The smallest absolute Gasteiger partial charge is 0.437 e. The summed E-state index contributed by atoms with van der Waals surface area (Å²) in [6, 6.07) is 21.3. The van der Waals surface area contributed by atoms with Crippen molar-refractivity contribution < 1.29 is 22.3 Å². The van der Waals surface area contributed by atoms with Crippen molar-refractivity contribution in [1.82, 2.24) is 4.98 Å². The lowest BCUT2D eigenvalue weighted by molar-refractivity contribution is -0.274. The summed E-state index contributed by atoms with van der Waals surface area (Å²) in [5.41, 5.74) is 3.97. The second kappa shape index (κ2) is 7.23. The normalized spacial score (nSPS) is 12.0. The first-order chi connectivity index (χ1) is 13.5. The van der Waals surface area contributed by atoms with Crippen LogP contribution in [0.5, 0.6) is 5.75 Å². The average Bonchev–Trinajstić information content (AvgIpc) is 3.08. The third-order valence-electron chi connectivity index (χ3n) is 4.02. The van der Waals surface area contributed by atoms with Crippen molar-refractivity contribution in [3.8, 4) is 16.9 Å². The van der Waals surface area contributed by atoms with Gasteiger partial charge in [-0.1, -0.05) is 48.5 Å². The predicted molar refractivity (Wildman–Crippen MR) is 101 cm³/mol. The van der Waals surface area contributed by atoms with Crippen molar-refractivity contribution in [2.45, 2.75) is 6.36 Å². The van der Waals surface area contributed by atoms with Gasteiger partial charge in [0.25, 0.3) is 0 Å². The van der Waals surface area contributed by atoms with Gasteiger partial charge in [-0.15, -0.1) is 13.2 Å². The number of hydrogen-bond acceptors (Lipinski definition) is 3. The summed E-state index contributed by atoms with van der Waals surface area (Å²) in [4.78, 5) is 4.43. The highest BCUT2D eigenvalue weighted by atomic mass is 19.4. The Bertz CT molecular complexity index is 1130. The zero-order chi connectivity index (χ0) is 19.6. The molecule has 0 saturated carbocycles. The third kappa shape index (κ3) is 4.23. The van der Waals surface area contributed by atoms with Crippen molar-refractivity contribution in [2.75, 3.05) is 0 Å². The third-order valence-corrected chi connectivity index (χ3v) is 4.02. The number of aromatic nitrogens is 1. The van der Waals surface area contributed by atoms with Gasteiger partial charge in [-0.3, -0.25) is 0 Å². The van der Waals surface area contributed by atoms with Crippen LogP contribution in [0.2, 0.25) is 0 Å². The molecule has 0 spiro atoms. The van der Waals surface area contributed by atoms with Gasteiger partial charge in [-0.2, -0.15) is 0 Å². The number of nitrogens with zero attached hydrogens (tertiary/aromatic N) is 1. The molecule has 0 radical (unpaired) electrons. The molecule has 0 amide bonds. The molecule has 0 saturated heterocycles. The van der Waals surface area contributed by atoms with Crippen LogP contribution in [0.25, 0.3) is 34.4 Å². The van der Waals surface area contributed by atoms with Crippen molar-refractivity contribution in [3.05, 3.63) is 84.3 Å². The molecule has 1 heterocycles. The molecule has 6 heteroatoms. The molecule has 4 aromatic rings. The monoisotopic (exact) mass is 381 g/mol. The van der Waals surface area contributed by atoms with Crippen LogP contribution in [0, 0.1) is 0 Å². The number of fused-ring (bicyclic) bond motifs is 1. The SMILES string of the molecule is FC(F)(F)Oc1cccc(/C=C/c2nc3cc(-c4ccccc4)ccc3o2)c1. The van der Waals surface area contributed by atoms with Gasteiger partial charge in [-0.25, -0.2) is 4.98 Å². The highest BCUT2D eigenvalue weighted by Gasteiger charge is 2.31. The first kappa shape index (κ1) is 17.9. The van der Waals surface area contributed by atoms with E-state index in [0.29, 0.717) is 22.6 Å². The minimum atomic E-state index is -4.72. The van der Waals surface area contributed by atoms with Gasteiger partial charge in [0.15, 0.2) is 5.58 Å². The topological polar surface area (TPSA) is 35.3 Å². The van der Waals surface area contributed by atoms with Gasteiger partial charge in [0, 0.05) is 6.08 Å². The van der Waals surface area contributed by atoms with Crippen LogP contribution in [0.15, 0.2) is 77.2 Å². The molecule has 0 aliphatic carbocycles. The van der Waals surface area contributed by atoms with E-state index in [9.17, 15) is 13.2 Å². The van der Waals surface area contributed by atoms with Gasteiger partial charge in [-0.05, 0) is 47.0 Å². The largest absolute Gasteiger partial charge is 0.573 e. The Morgan fingerprint density at radius 2 is 1.64 bits per heavy atom. The molecule has 3 aromatic carbocycles. The van der Waals surface area contributed by atoms with Crippen molar-refractivity contribution >= 4 is 23.3 Å². The highest BCUT2D eigenvalue weighted by molar-refractivity contribution is 5.82. The number of rotatable bonds is 4. The second-order valence-electron chi connectivity index (χ2n) is 6.05. The van der Waals surface area contributed by atoms with Crippen LogP contribution >= 0.6 is 0 Å². The fraction of sp³-hybridized carbons (Fsp3) is 0.0455. The molecule has 1 aromatic heterocycles. The maximum Gasteiger partial charge on any atom is 0.573 e. The predicted octanol–water partition coefficient (Wildman–Crippen LogP) is 6.56. The minimum absolute atomic E-state index is 0.278. The second-order valence-corrected chi connectivity index (χ2v) is 6.05. The zero-order valence-corrected chi connectivity index (χ0v) is 14.5. The van der Waals surface area contributed by atoms with Crippen LogP contribution in [0.4, 0.5) is 13.2 Å². The molecule has 0 unspecified atom stereocenters.